The van der Waals surface area contributed by atoms with Gasteiger partial charge in [-0.05, 0) is 18.1 Å². The van der Waals surface area contributed by atoms with Gasteiger partial charge in [0.2, 0.25) is 0 Å². The van der Waals surface area contributed by atoms with Crippen LogP contribution >= 0.6 is 11.6 Å². The van der Waals surface area contributed by atoms with E-state index < -0.39 is 10.8 Å². The Morgan fingerprint density at radius 3 is 2.62 bits per heavy atom. The topological polar surface area (TPSA) is 43.1 Å². The van der Waals surface area contributed by atoms with Crippen LogP contribution in [0.1, 0.15) is 20.3 Å². The summed E-state index contributed by atoms with van der Waals surface area (Å²) in [5.74, 6) is 0.852. The molecule has 0 aromatic heterocycles. The molecule has 0 saturated heterocycles. The van der Waals surface area contributed by atoms with Crippen LogP contribution in [0.15, 0.2) is 29.2 Å². The molecule has 0 heterocycles. The second-order valence-electron chi connectivity index (χ2n) is 3.99. The molecular formula is C12H18ClNOS. The zero-order valence-electron chi connectivity index (χ0n) is 9.65. The fraction of sp³-hybridized carbons (Fsp3) is 0.500. The van der Waals surface area contributed by atoms with Crippen LogP contribution in [0.25, 0.3) is 0 Å². The monoisotopic (exact) mass is 259 g/mol. The summed E-state index contributed by atoms with van der Waals surface area (Å²) in [6, 6.07) is 7.18. The molecule has 0 amide bonds. The van der Waals surface area contributed by atoms with Crippen molar-refractivity contribution in [3.05, 3.63) is 29.3 Å². The lowest BCUT2D eigenvalue weighted by atomic mass is 10.0. The zero-order valence-corrected chi connectivity index (χ0v) is 11.2. The normalized spacial score (nSPS) is 16.8. The van der Waals surface area contributed by atoms with Crippen LogP contribution in [-0.2, 0) is 10.8 Å². The molecule has 4 heteroatoms. The molecule has 16 heavy (non-hydrogen) atoms. The lowest BCUT2D eigenvalue weighted by molar-refractivity contribution is 0.472. The molecule has 3 atom stereocenters. The van der Waals surface area contributed by atoms with E-state index >= 15 is 0 Å². The maximum absolute atomic E-state index is 12.0. The quantitative estimate of drug-likeness (QED) is 0.884. The molecule has 0 aliphatic heterocycles. The van der Waals surface area contributed by atoms with Gasteiger partial charge in [0.25, 0.3) is 0 Å². The fourth-order valence-electron chi connectivity index (χ4n) is 1.36. The van der Waals surface area contributed by atoms with Crippen LogP contribution in [0, 0.1) is 5.92 Å². The smallest absolute Gasteiger partial charge is 0.0574 e. The average Bonchev–Trinajstić information content (AvgIpc) is 2.28. The second kappa shape index (κ2) is 6.38. The predicted octanol–water partition coefficient (Wildman–Crippen LogP) is 2.82. The van der Waals surface area contributed by atoms with E-state index in [0.717, 1.165) is 6.42 Å². The van der Waals surface area contributed by atoms with Gasteiger partial charge in [-0.1, -0.05) is 44.0 Å². The fourth-order valence-corrected chi connectivity index (χ4v) is 3.13. The molecule has 0 fully saturated rings. The molecule has 0 spiro atoms. The minimum Gasteiger partial charge on any atom is -0.327 e. The summed E-state index contributed by atoms with van der Waals surface area (Å²) in [6.45, 7) is 4.16. The number of benzene rings is 1. The SMILES string of the molecule is CCC(C)C(N)CS(=O)c1ccccc1Cl. The van der Waals surface area contributed by atoms with Gasteiger partial charge in [0.15, 0.2) is 0 Å². The maximum Gasteiger partial charge on any atom is 0.0574 e. The van der Waals surface area contributed by atoms with Crippen LogP contribution < -0.4 is 5.73 Å². The van der Waals surface area contributed by atoms with Crippen LogP contribution in [0.5, 0.6) is 0 Å². The molecule has 0 aliphatic carbocycles. The van der Waals surface area contributed by atoms with E-state index in [9.17, 15) is 4.21 Å². The van der Waals surface area contributed by atoms with Gasteiger partial charge in [-0.25, -0.2) is 0 Å². The van der Waals surface area contributed by atoms with Crippen LogP contribution in [-0.4, -0.2) is 16.0 Å². The molecule has 1 rings (SSSR count). The average molecular weight is 260 g/mol. The summed E-state index contributed by atoms with van der Waals surface area (Å²) in [4.78, 5) is 0.683. The van der Waals surface area contributed by atoms with Crippen LogP contribution in [0.4, 0.5) is 0 Å². The van der Waals surface area contributed by atoms with Crippen LogP contribution in [0.3, 0.4) is 0 Å². The van der Waals surface area contributed by atoms with E-state index in [0.29, 0.717) is 21.6 Å². The van der Waals surface area contributed by atoms with Crippen molar-refractivity contribution in [1.29, 1.82) is 0 Å². The minimum atomic E-state index is -1.10. The number of hydrogen-bond donors (Lipinski definition) is 1. The molecule has 2 nitrogen and oxygen atoms in total. The van der Waals surface area contributed by atoms with E-state index in [1.165, 1.54) is 0 Å². The molecule has 1 aromatic carbocycles. The zero-order chi connectivity index (χ0) is 12.1. The second-order valence-corrected chi connectivity index (χ2v) is 5.86. The first-order valence-corrected chi connectivity index (χ1v) is 7.14. The molecule has 0 radical (unpaired) electrons. The molecule has 90 valence electrons. The number of halogens is 1. The van der Waals surface area contributed by atoms with E-state index in [1.807, 2.05) is 12.1 Å². The van der Waals surface area contributed by atoms with Crippen LogP contribution in [0.2, 0.25) is 5.02 Å². The molecule has 0 aliphatic rings. The van der Waals surface area contributed by atoms with Gasteiger partial charge in [0, 0.05) is 11.8 Å². The molecule has 0 saturated carbocycles. The Morgan fingerprint density at radius 2 is 2.06 bits per heavy atom. The van der Waals surface area contributed by atoms with Gasteiger partial charge in [-0.2, -0.15) is 0 Å². The van der Waals surface area contributed by atoms with E-state index in [4.69, 9.17) is 17.3 Å². The van der Waals surface area contributed by atoms with Gasteiger partial charge in [0.05, 0.1) is 20.7 Å². The summed E-state index contributed by atoms with van der Waals surface area (Å²) in [5, 5.41) is 0.553. The summed E-state index contributed by atoms with van der Waals surface area (Å²) in [7, 11) is -1.10. The largest absolute Gasteiger partial charge is 0.327 e. The lowest BCUT2D eigenvalue weighted by Gasteiger charge is -2.17. The Labute approximate surface area is 105 Å². The van der Waals surface area contributed by atoms with Gasteiger partial charge in [-0.15, -0.1) is 0 Å². The van der Waals surface area contributed by atoms with Crippen molar-refractivity contribution < 1.29 is 4.21 Å². The summed E-state index contributed by atoms with van der Waals surface area (Å²) >= 11 is 5.98. The Morgan fingerprint density at radius 1 is 1.44 bits per heavy atom. The highest BCUT2D eigenvalue weighted by molar-refractivity contribution is 7.85. The Hall–Kier alpha value is -0.380. The standard InChI is InChI=1S/C12H18ClNOS/c1-3-9(2)11(14)8-16(15)12-7-5-4-6-10(12)13/h4-7,9,11H,3,8,14H2,1-2H3. The first kappa shape index (κ1) is 13.7. The van der Waals surface area contributed by atoms with Crippen molar-refractivity contribution >= 4 is 22.4 Å². The first-order valence-electron chi connectivity index (χ1n) is 5.44. The highest BCUT2D eigenvalue weighted by Crippen LogP contribution is 2.20. The summed E-state index contributed by atoms with van der Waals surface area (Å²) < 4.78 is 12.0. The Balaban J connectivity index is 2.70. The molecule has 3 unspecified atom stereocenters. The lowest BCUT2D eigenvalue weighted by Crippen LogP contribution is -2.33. The van der Waals surface area contributed by atoms with Crippen molar-refractivity contribution in [3.8, 4) is 0 Å². The first-order chi connectivity index (χ1) is 7.56. The number of rotatable bonds is 5. The van der Waals surface area contributed by atoms with Gasteiger partial charge in [-0.3, -0.25) is 4.21 Å². The van der Waals surface area contributed by atoms with Crippen molar-refractivity contribution in [2.45, 2.75) is 31.2 Å². The summed E-state index contributed by atoms with van der Waals surface area (Å²) in [5.41, 5.74) is 5.98. The van der Waals surface area contributed by atoms with Crippen molar-refractivity contribution in [3.63, 3.8) is 0 Å². The molecule has 2 N–H and O–H groups in total. The van der Waals surface area contributed by atoms with Gasteiger partial charge >= 0.3 is 0 Å². The number of hydrogen-bond acceptors (Lipinski definition) is 2. The highest BCUT2D eigenvalue weighted by Gasteiger charge is 2.16. The minimum absolute atomic E-state index is 0.0397. The molecule has 1 aromatic rings. The predicted molar refractivity (Wildman–Crippen MR) is 70.2 cm³/mol. The third-order valence-electron chi connectivity index (χ3n) is 2.80. The maximum atomic E-state index is 12.0. The number of nitrogens with two attached hydrogens (primary N) is 1. The summed E-state index contributed by atoms with van der Waals surface area (Å²) in [6.07, 6.45) is 1.00. The van der Waals surface area contributed by atoms with Gasteiger partial charge in [0.1, 0.15) is 0 Å². The third-order valence-corrected chi connectivity index (χ3v) is 4.78. The molecular weight excluding hydrogens is 242 g/mol. The van der Waals surface area contributed by atoms with E-state index in [-0.39, 0.29) is 6.04 Å². The van der Waals surface area contributed by atoms with Crippen molar-refractivity contribution in [2.24, 2.45) is 11.7 Å². The van der Waals surface area contributed by atoms with E-state index in [1.54, 1.807) is 12.1 Å². The highest BCUT2D eigenvalue weighted by atomic mass is 35.5. The third kappa shape index (κ3) is 3.58. The van der Waals surface area contributed by atoms with Crippen molar-refractivity contribution in [2.75, 3.05) is 5.75 Å². The Kier molecular flexibility index (Phi) is 5.46. The Bertz CT molecular complexity index is 370. The van der Waals surface area contributed by atoms with Crippen molar-refractivity contribution in [1.82, 2.24) is 0 Å². The molecule has 0 bridgehead atoms. The van der Waals surface area contributed by atoms with E-state index in [2.05, 4.69) is 13.8 Å². The van der Waals surface area contributed by atoms with Gasteiger partial charge < -0.3 is 5.73 Å².